The smallest absolute Gasteiger partial charge is 0.226 e. The second-order valence-electron chi connectivity index (χ2n) is 6.93. The molecule has 0 bridgehead atoms. The molecule has 4 aromatic rings. The lowest BCUT2D eigenvalue weighted by atomic mass is 10.1. The Labute approximate surface area is 170 Å². The maximum absolute atomic E-state index is 5.93. The molecule has 0 saturated carbocycles. The molecule has 0 N–H and O–H groups in total. The summed E-state index contributed by atoms with van der Waals surface area (Å²) in [4.78, 5) is 4.58. The molecule has 0 radical (unpaired) electrons. The molecule has 4 heteroatoms. The number of nitrogens with zero attached hydrogens (tertiary/aromatic N) is 1. The van der Waals surface area contributed by atoms with Crippen LogP contribution in [-0.2, 0) is 13.2 Å². The summed E-state index contributed by atoms with van der Waals surface area (Å²) in [5.41, 5.74) is 4.10. The van der Waals surface area contributed by atoms with Crippen LogP contribution in [0.1, 0.15) is 22.6 Å². The van der Waals surface area contributed by atoms with Gasteiger partial charge < -0.3 is 13.9 Å². The minimum Gasteiger partial charge on any atom is -0.489 e. The van der Waals surface area contributed by atoms with Crippen LogP contribution in [0.5, 0.6) is 11.5 Å². The van der Waals surface area contributed by atoms with Crippen molar-refractivity contribution in [3.63, 3.8) is 0 Å². The maximum atomic E-state index is 5.93. The Morgan fingerprint density at radius 2 is 1.48 bits per heavy atom. The largest absolute Gasteiger partial charge is 0.489 e. The summed E-state index contributed by atoms with van der Waals surface area (Å²) in [5, 5.41) is 0. The van der Waals surface area contributed by atoms with Crippen molar-refractivity contribution in [3.8, 4) is 23.0 Å². The molecule has 4 nitrogen and oxygen atoms in total. The van der Waals surface area contributed by atoms with Crippen molar-refractivity contribution >= 4 is 0 Å². The van der Waals surface area contributed by atoms with Crippen molar-refractivity contribution in [3.05, 3.63) is 101 Å². The van der Waals surface area contributed by atoms with Crippen molar-refractivity contribution in [1.82, 2.24) is 4.98 Å². The summed E-state index contributed by atoms with van der Waals surface area (Å²) in [7, 11) is 0. The normalized spacial score (nSPS) is 10.7. The molecule has 1 aromatic heterocycles. The van der Waals surface area contributed by atoms with Gasteiger partial charge in [-0.3, -0.25) is 0 Å². The third-order valence-corrected chi connectivity index (χ3v) is 4.58. The van der Waals surface area contributed by atoms with Gasteiger partial charge in [-0.2, -0.15) is 0 Å². The lowest BCUT2D eigenvalue weighted by molar-refractivity contribution is 0.286. The van der Waals surface area contributed by atoms with Gasteiger partial charge in [-0.1, -0.05) is 54.1 Å². The molecular formula is C25H23NO3. The molecule has 29 heavy (non-hydrogen) atoms. The Kier molecular flexibility index (Phi) is 5.61. The number of aryl methyl sites for hydroxylation is 2. The fourth-order valence-corrected chi connectivity index (χ4v) is 3.04. The molecule has 4 rings (SSSR count). The van der Waals surface area contributed by atoms with Crippen molar-refractivity contribution in [2.24, 2.45) is 0 Å². The number of benzene rings is 3. The maximum Gasteiger partial charge on any atom is 0.226 e. The molecule has 0 unspecified atom stereocenters. The van der Waals surface area contributed by atoms with E-state index in [2.05, 4.69) is 30.1 Å². The van der Waals surface area contributed by atoms with E-state index in [0.29, 0.717) is 19.1 Å². The minimum absolute atomic E-state index is 0.337. The molecular weight excluding hydrogens is 362 g/mol. The molecule has 1 heterocycles. The molecule has 0 amide bonds. The molecule has 0 aliphatic rings. The number of aromatic nitrogens is 1. The molecule has 0 spiro atoms. The van der Waals surface area contributed by atoms with Crippen LogP contribution in [0.3, 0.4) is 0 Å². The van der Waals surface area contributed by atoms with Gasteiger partial charge in [0, 0.05) is 11.6 Å². The SMILES string of the molecule is Cc1cccc(COc2cccc(OCc3nc(-c4ccccc4)oc3C)c2)c1. The summed E-state index contributed by atoms with van der Waals surface area (Å²) < 4.78 is 17.6. The van der Waals surface area contributed by atoms with E-state index in [9.17, 15) is 0 Å². The van der Waals surface area contributed by atoms with Gasteiger partial charge in [0.1, 0.15) is 36.2 Å². The Balaban J connectivity index is 1.39. The van der Waals surface area contributed by atoms with Gasteiger partial charge in [0.15, 0.2) is 0 Å². The second-order valence-corrected chi connectivity index (χ2v) is 6.93. The van der Waals surface area contributed by atoms with Crippen molar-refractivity contribution in [1.29, 1.82) is 0 Å². The van der Waals surface area contributed by atoms with E-state index in [1.165, 1.54) is 5.56 Å². The van der Waals surface area contributed by atoms with Gasteiger partial charge >= 0.3 is 0 Å². The number of hydrogen-bond donors (Lipinski definition) is 0. The molecule has 3 aromatic carbocycles. The predicted octanol–water partition coefficient (Wildman–Crippen LogP) is 6.12. The van der Waals surface area contributed by atoms with Gasteiger partial charge in [0.05, 0.1) is 0 Å². The highest BCUT2D eigenvalue weighted by molar-refractivity contribution is 5.53. The van der Waals surface area contributed by atoms with Crippen molar-refractivity contribution in [2.75, 3.05) is 0 Å². The highest BCUT2D eigenvalue weighted by atomic mass is 16.5. The number of oxazole rings is 1. The van der Waals surface area contributed by atoms with Crippen LogP contribution >= 0.6 is 0 Å². The van der Waals surface area contributed by atoms with Gasteiger partial charge in [-0.05, 0) is 43.7 Å². The Hall–Kier alpha value is -3.53. The van der Waals surface area contributed by atoms with Crippen LogP contribution < -0.4 is 9.47 Å². The molecule has 146 valence electrons. The van der Waals surface area contributed by atoms with E-state index in [4.69, 9.17) is 13.9 Å². The zero-order valence-corrected chi connectivity index (χ0v) is 16.6. The zero-order chi connectivity index (χ0) is 20.1. The summed E-state index contributed by atoms with van der Waals surface area (Å²) in [6.07, 6.45) is 0. The Morgan fingerprint density at radius 1 is 0.759 bits per heavy atom. The van der Waals surface area contributed by atoms with E-state index < -0.39 is 0 Å². The van der Waals surface area contributed by atoms with Crippen molar-refractivity contribution < 1.29 is 13.9 Å². The van der Waals surface area contributed by atoms with Gasteiger partial charge in [-0.25, -0.2) is 4.98 Å². The fraction of sp³-hybridized carbons (Fsp3) is 0.160. The van der Waals surface area contributed by atoms with E-state index in [1.54, 1.807) is 0 Å². The van der Waals surface area contributed by atoms with E-state index >= 15 is 0 Å². The average molecular weight is 385 g/mol. The monoisotopic (exact) mass is 385 g/mol. The van der Waals surface area contributed by atoms with Crippen LogP contribution in [-0.4, -0.2) is 4.98 Å². The lowest BCUT2D eigenvalue weighted by Crippen LogP contribution is -1.99. The van der Waals surface area contributed by atoms with Crippen LogP contribution in [0.2, 0.25) is 0 Å². The van der Waals surface area contributed by atoms with Crippen LogP contribution in [0, 0.1) is 13.8 Å². The first-order valence-electron chi connectivity index (χ1n) is 9.60. The number of rotatable bonds is 7. The average Bonchev–Trinajstić information content (AvgIpc) is 3.12. The first-order valence-corrected chi connectivity index (χ1v) is 9.60. The third kappa shape index (κ3) is 4.85. The molecule has 0 atom stereocenters. The quantitative estimate of drug-likeness (QED) is 0.385. The molecule has 0 fully saturated rings. The number of hydrogen-bond acceptors (Lipinski definition) is 4. The Bertz CT molecular complexity index is 1090. The first kappa shape index (κ1) is 18.8. The summed E-state index contributed by atoms with van der Waals surface area (Å²) in [5.74, 6) is 2.87. The third-order valence-electron chi connectivity index (χ3n) is 4.58. The summed E-state index contributed by atoms with van der Waals surface area (Å²) in [6.45, 7) is 4.84. The predicted molar refractivity (Wildman–Crippen MR) is 113 cm³/mol. The van der Waals surface area contributed by atoms with Crippen LogP contribution in [0.4, 0.5) is 0 Å². The topological polar surface area (TPSA) is 44.5 Å². The molecule has 0 aliphatic carbocycles. The van der Waals surface area contributed by atoms with Gasteiger partial charge in [-0.15, -0.1) is 0 Å². The van der Waals surface area contributed by atoms with E-state index in [0.717, 1.165) is 34.1 Å². The zero-order valence-electron chi connectivity index (χ0n) is 16.6. The summed E-state index contributed by atoms with van der Waals surface area (Å²) in [6, 6.07) is 25.8. The van der Waals surface area contributed by atoms with Gasteiger partial charge in [0.2, 0.25) is 5.89 Å². The highest BCUT2D eigenvalue weighted by Gasteiger charge is 2.12. The Morgan fingerprint density at radius 3 is 2.24 bits per heavy atom. The number of ether oxygens (including phenoxy) is 2. The standard InChI is InChI=1S/C25H23NO3/c1-18-8-6-9-20(14-18)16-27-22-12-7-13-23(15-22)28-17-24-19(2)29-25(26-24)21-10-4-3-5-11-21/h3-15H,16-17H2,1-2H3. The van der Waals surface area contributed by atoms with Gasteiger partial charge in [0.25, 0.3) is 0 Å². The minimum atomic E-state index is 0.337. The summed E-state index contributed by atoms with van der Waals surface area (Å²) >= 11 is 0. The highest BCUT2D eigenvalue weighted by Crippen LogP contribution is 2.24. The fourth-order valence-electron chi connectivity index (χ4n) is 3.04. The molecule has 0 aliphatic heterocycles. The lowest BCUT2D eigenvalue weighted by Gasteiger charge is -2.09. The first-order chi connectivity index (χ1) is 14.2. The van der Waals surface area contributed by atoms with E-state index in [-0.39, 0.29) is 0 Å². The molecule has 0 saturated heterocycles. The van der Waals surface area contributed by atoms with Crippen LogP contribution in [0.25, 0.3) is 11.5 Å². The van der Waals surface area contributed by atoms with Crippen molar-refractivity contribution in [2.45, 2.75) is 27.1 Å². The van der Waals surface area contributed by atoms with Crippen LogP contribution in [0.15, 0.2) is 83.3 Å². The second kappa shape index (κ2) is 8.65. The van der Waals surface area contributed by atoms with E-state index in [1.807, 2.05) is 67.6 Å².